The minimum Gasteiger partial charge on any atom is -0.437 e. The van der Waals surface area contributed by atoms with Crippen molar-refractivity contribution in [3.05, 3.63) is 0 Å². The quantitative estimate of drug-likeness (QED) is 0.254. The second-order valence-electron chi connectivity index (χ2n) is 10.5. The Hall–Kier alpha value is -1.44. The SMILES string of the molecule is O=C(CF)OC(C1CCC2CC3CC(C(C(F)(F)F)C(F)(F)F)CCC3CC2C1)(C(F)(F)F)C(F)(F)F. The predicted octanol–water partition coefficient (Wildman–Crippen LogP) is 7.96. The third-order valence-electron chi connectivity index (χ3n) is 8.51. The normalized spacial score (nSPS) is 32.1. The van der Waals surface area contributed by atoms with Gasteiger partial charge in [-0.25, -0.2) is 9.18 Å². The highest BCUT2D eigenvalue weighted by atomic mass is 19.4. The second-order valence-corrected chi connectivity index (χ2v) is 10.5. The molecule has 0 amide bonds. The predicted molar refractivity (Wildman–Crippen MR) is 100 cm³/mol. The number of halogens is 13. The maximum absolute atomic E-state index is 13.9. The average Bonchev–Trinajstić information content (AvgIpc) is 2.71. The van der Waals surface area contributed by atoms with Crippen molar-refractivity contribution in [2.75, 3.05) is 6.67 Å². The summed E-state index contributed by atoms with van der Waals surface area (Å²) in [6.07, 6.45) is -25.5. The van der Waals surface area contributed by atoms with Gasteiger partial charge in [0.1, 0.15) is 0 Å². The number of rotatable bonds is 4. The summed E-state index contributed by atoms with van der Waals surface area (Å²) >= 11 is 0. The summed E-state index contributed by atoms with van der Waals surface area (Å²) in [6, 6.07) is 0. The summed E-state index contributed by atoms with van der Waals surface area (Å²) in [5.74, 6) is -12.0. The van der Waals surface area contributed by atoms with Gasteiger partial charge in [-0.15, -0.1) is 0 Å². The van der Waals surface area contributed by atoms with Crippen LogP contribution >= 0.6 is 0 Å². The highest BCUT2D eigenvalue weighted by Crippen LogP contribution is 2.60. The van der Waals surface area contributed by atoms with E-state index in [9.17, 15) is 61.9 Å². The molecule has 2 nitrogen and oxygen atoms in total. The van der Waals surface area contributed by atoms with E-state index in [1.807, 2.05) is 0 Å². The maximum Gasteiger partial charge on any atom is 0.437 e. The molecule has 0 radical (unpaired) electrons. The van der Waals surface area contributed by atoms with Crippen molar-refractivity contribution in [3.63, 3.8) is 0 Å². The van der Waals surface area contributed by atoms with Gasteiger partial charge in [0.2, 0.25) is 0 Å². The molecular weight excluding hydrogens is 543 g/mol. The van der Waals surface area contributed by atoms with E-state index in [1.54, 1.807) is 0 Å². The summed E-state index contributed by atoms with van der Waals surface area (Å²) in [6.45, 7) is -2.20. The molecule has 37 heavy (non-hydrogen) atoms. The van der Waals surface area contributed by atoms with Gasteiger partial charge in [0, 0.05) is 5.92 Å². The fourth-order valence-corrected chi connectivity index (χ4v) is 7.09. The molecular formula is C22H25F13O2. The molecule has 3 aliphatic carbocycles. The Morgan fingerprint density at radius 1 is 0.649 bits per heavy atom. The minimum atomic E-state index is -6.10. The molecule has 0 aliphatic heterocycles. The number of fused-ring (bicyclic) bond motifs is 2. The van der Waals surface area contributed by atoms with Crippen LogP contribution in [-0.4, -0.2) is 43.0 Å². The molecule has 0 aromatic heterocycles. The Kier molecular flexibility index (Phi) is 8.09. The van der Waals surface area contributed by atoms with E-state index in [-0.39, 0.29) is 32.1 Å². The molecule has 3 fully saturated rings. The van der Waals surface area contributed by atoms with Crippen LogP contribution in [0.4, 0.5) is 57.1 Å². The zero-order valence-electron chi connectivity index (χ0n) is 19.1. The zero-order valence-corrected chi connectivity index (χ0v) is 19.1. The lowest BCUT2D eigenvalue weighted by molar-refractivity contribution is -0.389. The first-order valence-corrected chi connectivity index (χ1v) is 11.8. The standard InChI is InChI=1S/C22H25F13O2/c23-9-16(36)37-18(21(30,31)32,22(33,34)35)15-4-3-11-5-13-7-12(2-1-10(13)6-14(11)8-15)17(19(24,25)26)20(27,28)29/h10-15,17H,1-9H2. The van der Waals surface area contributed by atoms with Gasteiger partial charge in [0.05, 0.1) is 0 Å². The van der Waals surface area contributed by atoms with Gasteiger partial charge in [-0.3, -0.25) is 0 Å². The van der Waals surface area contributed by atoms with Gasteiger partial charge in [0.25, 0.3) is 0 Å². The summed E-state index contributed by atoms with van der Waals surface area (Å²) in [5.41, 5.74) is -4.92. The van der Waals surface area contributed by atoms with Crippen LogP contribution in [0.3, 0.4) is 0 Å². The van der Waals surface area contributed by atoms with Crippen molar-refractivity contribution in [1.82, 2.24) is 0 Å². The van der Waals surface area contributed by atoms with Crippen molar-refractivity contribution in [1.29, 1.82) is 0 Å². The molecule has 0 spiro atoms. The van der Waals surface area contributed by atoms with Crippen molar-refractivity contribution >= 4 is 5.97 Å². The van der Waals surface area contributed by atoms with Crippen molar-refractivity contribution in [2.24, 2.45) is 41.4 Å². The van der Waals surface area contributed by atoms with Crippen LogP contribution in [0, 0.1) is 41.4 Å². The van der Waals surface area contributed by atoms with Crippen LogP contribution in [0.25, 0.3) is 0 Å². The summed E-state index contributed by atoms with van der Waals surface area (Å²) in [7, 11) is 0. The lowest BCUT2D eigenvalue weighted by Crippen LogP contribution is -2.65. The van der Waals surface area contributed by atoms with Crippen molar-refractivity contribution < 1.29 is 66.6 Å². The van der Waals surface area contributed by atoms with Crippen LogP contribution in [0.1, 0.15) is 51.4 Å². The third kappa shape index (κ3) is 5.79. The van der Waals surface area contributed by atoms with Crippen LogP contribution in [0.5, 0.6) is 0 Å². The second kappa shape index (κ2) is 9.95. The molecule has 6 atom stereocenters. The van der Waals surface area contributed by atoms with E-state index in [1.165, 1.54) is 0 Å². The number of alkyl halides is 13. The molecule has 0 bridgehead atoms. The van der Waals surface area contributed by atoms with Crippen LogP contribution < -0.4 is 0 Å². The Morgan fingerprint density at radius 3 is 1.54 bits per heavy atom. The van der Waals surface area contributed by atoms with E-state index in [4.69, 9.17) is 0 Å². The van der Waals surface area contributed by atoms with Gasteiger partial charge >= 0.3 is 36.3 Å². The summed E-state index contributed by atoms with van der Waals surface area (Å²) in [4.78, 5) is 11.3. The Morgan fingerprint density at radius 2 is 1.11 bits per heavy atom. The fraction of sp³-hybridized carbons (Fsp3) is 0.955. The molecule has 15 heteroatoms. The molecule has 3 rings (SSSR count). The topological polar surface area (TPSA) is 26.3 Å². The Bertz CT molecular complexity index is 785. The van der Waals surface area contributed by atoms with E-state index < -0.39 is 104 Å². The zero-order chi connectivity index (χ0) is 28.2. The third-order valence-corrected chi connectivity index (χ3v) is 8.51. The highest BCUT2D eigenvalue weighted by Gasteiger charge is 2.77. The van der Waals surface area contributed by atoms with E-state index in [0.717, 1.165) is 0 Å². The van der Waals surface area contributed by atoms with Gasteiger partial charge in [-0.1, -0.05) is 0 Å². The van der Waals surface area contributed by atoms with Crippen LogP contribution in [0.15, 0.2) is 0 Å². The lowest BCUT2D eigenvalue weighted by Gasteiger charge is -2.52. The number of hydrogen-bond donors (Lipinski definition) is 0. The average molecular weight is 568 g/mol. The van der Waals surface area contributed by atoms with E-state index in [2.05, 4.69) is 4.74 Å². The number of carbonyl (C=O) groups excluding carboxylic acids is 1. The lowest BCUT2D eigenvalue weighted by atomic mass is 9.55. The number of ether oxygens (including phenoxy) is 1. The van der Waals surface area contributed by atoms with E-state index >= 15 is 0 Å². The molecule has 0 N–H and O–H groups in total. The first kappa shape index (κ1) is 30.1. The van der Waals surface area contributed by atoms with Crippen molar-refractivity contribution in [3.8, 4) is 0 Å². The molecule has 6 unspecified atom stereocenters. The monoisotopic (exact) mass is 568 g/mol. The molecule has 0 heterocycles. The van der Waals surface area contributed by atoms with Crippen LogP contribution in [0.2, 0.25) is 0 Å². The highest BCUT2D eigenvalue weighted by molar-refractivity contribution is 5.71. The smallest absolute Gasteiger partial charge is 0.437 e. The molecule has 216 valence electrons. The maximum atomic E-state index is 13.9. The molecule has 0 aromatic rings. The van der Waals surface area contributed by atoms with Gasteiger partial charge < -0.3 is 4.74 Å². The van der Waals surface area contributed by atoms with Crippen LogP contribution in [-0.2, 0) is 9.53 Å². The van der Waals surface area contributed by atoms with Crippen molar-refractivity contribution in [2.45, 2.75) is 81.7 Å². The molecule has 0 aromatic carbocycles. The molecule has 3 aliphatic rings. The first-order valence-electron chi connectivity index (χ1n) is 11.8. The number of hydrogen-bond acceptors (Lipinski definition) is 2. The number of carbonyl (C=O) groups is 1. The fourth-order valence-electron chi connectivity index (χ4n) is 7.09. The number of esters is 1. The molecule has 3 saturated carbocycles. The summed E-state index contributed by atoms with van der Waals surface area (Å²) < 4.78 is 179. The largest absolute Gasteiger partial charge is 0.437 e. The van der Waals surface area contributed by atoms with Gasteiger partial charge in [0.15, 0.2) is 12.6 Å². The first-order chi connectivity index (χ1) is 16.7. The minimum absolute atomic E-state index is 0.0457. The molecule has 0 saturated heterocycles. The van der Waals surface area contributed by atoms with Gasteiger partial charge in [-0.2, -0.15) is 52.7 Å². The Balaban J connectivity index is 1.80. The summed E-state index contributed by atoms with van der Waals surface area (Å²) in [5, 5.41) is 0. The van der Waals surface area contributed by atoms with Gasteiger partial charge in [-0.05, 0) is 81.0 Å². The van der Waals surface area contributed by atoms with E-state index in [0.29, 0.717) is 0 Å². The Labute approximate surface area is 203 Å².